The summed E-state index contributed by atoms with van der Waals surface area (Å²) in [6, 6.07) is 0. The number of hydrogen-bond acceptors (Lipinski definition) is 2. The van der Waals surface area contributed by atoms with Gasteiger partial charge in [0.25, 0.3) is 0 Å². The molecule has 0 aliphatic carbocycles. The quantitative estimate of drug-likeness (QED) is 0.298. The lowest BCUT2D eigenvalue weighted by molar-refractivity contribution is 1.04. The summed E-state index contributed by atoms with van der Waals surface area (Å²) in [7, 11) is 0. The zero-order chi connectivity index (χ0) is 10.3. The maximum Gasteiger partial charge on any atom is 0.211 e. The fourth-order valence-corrected chi connectivity index (χ4v) is 0.763. The Labute approximate surface area is 79.4 Å². The number of guanidine groups is 1. The highest BCUT2D eigenvalue weighted by atomic mass is 15.3. The molecule has 4 heteroatoms. The fraction of sp³-hybridized carbons (Fsp3) is 0.556. The predicted octanol–water partition coefficient (Wildman–Crippen LogP) is 1.38. The standard InChI is InChI=1S/C9H18N4/c1-7(2)5-4-6-8(3)12-13-9(10)11/h5H,4,6H2,1-3H3,(H4,10,11,13)/b12-8-. The van der Waals surface area contributed by atoms with Crippen molar-refractivity contribution in [1.82, 2.24) is 0 Å². The molecule has 0 radical (unpaired) electrons. The van der Waals surface area contributed by atoms with Crippen LogP contribution in [0.3, 0.4) is 0 Å². The van der Waals surface area contributed by atoms with E-state index in [4.69, 9.17) is 11.5 Å². The molecule has 0 rings (SSSR count). The zero-order valence-electron chi connectivity index (χ0n) is 8.54. The molecule has 74 valence electrons. The lowest BCUT2D eigenvalue weighted by Gasteiger charge is -1.94. The molecular weight excluding hydrogens is 164 g/mol. The highest BCUT2D eigenvalue weighted by molar-refractivity contribution is 5.83. The molecule has 0 fully saturated rings. The molecule has 0 saturated carbocycles. The summed E-state index contributed by atoms with van der Waals surface area (Å²) in [6.07, 6.45) is 4.04. The molecule has 0 atom stereocenters. The molecule has 0 aromatic rings. The van der Waals surface area contributed by atoms with Gasteiger partial charge < -0.3 is 11.5 Å². The molecule has 0 heterocycles. The van der Waals surface area contributed by atoms with Crippen LogP contribution in [0.4, 0.5) is 0 Å². The summed E-state index contributed by atoms with van der Waals surface area (Å²) < 4.78 is 0. The smallest absolute Gasteiger partial charge is 0.211 e. The molecule has 0 aromatic heterocycles. The Hall–Kier alpha value is -1.32. The lowest BCUT2D eigenvalue weighted by atomic mass is 10.2. The Morgan fingerprint density at radius 3 is 2.23 bits per heavy atom. The average Bonchev–Trinajstić information content (AvgIpc) is 2.00. The minimum Gasteiger partial charge on any atom is -0.369 e. The second-order valence-corrected chi connectivity index (χ2v) is 3.18. The van der Waals surface area contributed by atoms with Crippen molar-refractivity contribution in [2.24, 2.45) is 21.7 Å². The van der Waals surface area contributed by atoms with Gasteiger partial charge in [0.05, 0.1) is 0 Å². The van der Waals surface area contributed by atoms with Gasteiger partial charge in [0.1, 0.15) is 0 Å². The summed E-state index contributed by atoms with van der Waals surface area (Å²) in [6.45, 7) is 6.05. The van der Waals surface area contributed by atoms with Crippen molar-refractivity contribution in [3.8, 4) is 0 Å². The Kier molecular flexibility index (Phi) is 5.59. The maximum absolute atomic E-state index is 5.13. The summed E-state index contributed by atoms with van der Waals surface area (Å²) in [5.74, 6) is 0.00145. The van der Waals surface area contributed by atoms with Crippen LogP contribution in [0, 0.1) is 0 Å². The van der Waals surface area contributed by atoms with Gasteiger partial charge in [0.2, 0.25) is 5.96 Å². The van der Waals surface area contributed by atoms with E-state index in [1.807, 2.05) is 6.92 Å². The van der Waals surface area contributed by atoms with E-state index in [-0.39, 0.29) is 5.96 Å². The molecule has 0 aliphatic heterocycles. The van der Waals surface area contributed by atoms with Crippen LogP contribution in [0.25, 0.3) is 0 Å². The highest BCUT2D eigenvalue weighted by Gasteiger charge is 1.89. The van der Waals surface area contributed by atoms with Gasteiger partial charge in [0, 0.05) is 5.71 Å². The Bertz CT molecular complexity index is 230. The van der Waals surface area contributed by atoms with Crippen LogP contribution in [0.5, 0.6) is 0 Å². The van der Waals surface area contributed by atoms with Gasteiger partial charge in [-0.1, -0.05) is 11.6 Å². The molecule has 4 N–H and O–H groups in total. The zero-order valence-corrected chi connectivity index (χ0v) is 8.54. The highest BCUT2D eigenvalue weighted by Crippen LogP contribution is 1.98. The molecule has 0 spiro atoms. The van der Waals surface area contributed by atoms with Gasteiger partial charge in [-0.05, 0) is 33.6 Å². The van der Waals surface area contributed by atoms with Crippen LogP contribution in [0.1, 0.15) is 33.6 Å². The molecule has 0 amide bonds. The molecule has 0 aliphatic rings. The number of nitrogens with zero attached hydrogens (tertiary/aromatic N) is 2. The molecule has 13 heavy (non-hydrogen) atoms. The topological polar surface area (TPSA) is 76.8 Å². The minimum absolute atomic E-state index is 0.00145. The van der Waals surface area contributed by atoms with Crippen molar-refractivity contribution in [3.63, 3.8) is 0 Å². The van der Waals surface area contributed by atoms with Crippen molar-refractivity contribution in [1.29, 1.82) is 0 Å². The first-order chi connectivity index (χ1) is 6.02. The minimum atomic E-state index is 0.00145. The number of rotatable bonds is 4. The first kappa shape index (κ1) is 11.7. The maximum atomic E-state index is 5.13. The molecule has 4 nitrogen and oxygen atoms in total. The second-order valence-electron chi connectivity index (χ2n) is 3.18. The van der Waals surface area contributed by atoms with Gasteiger partial charge in [-0.3, -0.25) is 0 Å². The van der Waals surface area contributed by atoms with Crippen LogP contribution < -0.4 is 11.5 Å². The van der Waals surface area contributed by atoms with E-state index in [9.17, 15) is 0 Å². The van der Waals surface area contributed by atoms with E-state index in [2.05, 4.69) is 30.1 Å². The van der Waals surface area contributed by atoms with Crippen molar-refractivity contribution >= 4 is 11.7 Å². The summed E-state index contributed by atoms with van der Waals surface area (Å²) in [4.78, 5) is 0. The molecular formula is C9H18N4. The third-order valence-corrected chi connectivity index (χ3v) is 1.39. The predicted molar refractivity (Wildman–Crippen MR) is 57.6 cm³/mol. The third kappa shape index (κ3) is 8.59. The van der Waals surface area contributed by atoms with Crippen LogP contribution in [0.15, 0.2) is 21.9 Å². The van der Waals surface area contributed by atoms with Crippen molar-refractivity contribution in [2.75, 3.05) is 0 Å². The van der Waals surface area contributed by atoms with Crippen LogP contribution in [0.2, 0.25) is 0 Å². The van der Waals surface area contributed by atoms with Crippen molar-refractivity contribution < 1.29 is 0 Å². The summed E-state index contributed by atoms with van der Waals surface area (Å²) in [5.41, 5.74) is 12.5. The Balaban J connectivity index is 3.88. The first-order valence-corrected chi connectivity index (χ1v) is 4.28. The Morgan fingerprint density at radius 2 is 1.77 bits per heavy atom. The third-order valence-electron chi connectivity index (χ3n) is 1.39. The number of nitrogens with two attached hydrogens (primary N) is 2. The van der Waals surface area contributed by atoms with Crippen LogP contribution in [-0.2, 0) is 0 Å². The van der Waals surface area contributed by atoms with E-state index in [1.165, 1.54) is 5.57 Å². The van der Waals surface area contributed by atoms with Gasteiger partial charge in [-0.25, -0.2) is 0 Å². The number of allylic oxidation sites excluding steroid dienone is 2. The first-order valence-electron chi connectivity index (χ1n) is 4.28. The van der Waals surface area contributed by atoms with Gasteiger partial charge >= 0.3 is 0 Å². The van der Waals surface area contributed by atoms with Crippen LogP contribution >= 0.6 is 0 Å². The van der Waals surface area contributed by atoms with E-state index < -0.39 is 0 Å². The van der Waals surface area contributed by atoms with Crippen LogP contribution in [-0.4, -0.2) is 11.7 Å². The second kappa shape index (κ2) is 6.22. The van der Waals surface area contributed by atoms with E-state index in [1.54, 1.807) is 0 Å². The fourth-order valence-electron chi connectivity index (χ4n) is 0.763. The van der Waals surface area contributed by atoms with E-state index in [0.29, 0.717) is 0 Å². The van der Waals surface area contributed by atoms with Crippen molar-refractivity contribution in [2.45, 2.75) is 33.6 Å². The van der Waals surface area contributed by atoms with E-state index in [0.717, 1.165) is 18.6 Å². The molecule has 0 bridgehead atoms. The van der Waals surface area contributed by atoms with Gasteiger partial charge in [-0.15, -0.1) is 5.10 Å². The lowest BCUT2D eigenvalue weighted by Crippen LogP contribution is -2.22. The van der Waals surface area contributed by atoms with Gasteiger partial charge in [0.15, 0.2) is 0 Å². The molecule has 0 unspecified atom stereocenters. The van der Waals surface area contributed by atoms with Crippen molar-refractivity contribution in [3.05, 3.63) is 11.6 Å². The largest absolute Gasteiger partial charge is 0.369 e. The summed E-state index contributed by atoms with van der Waals surface area (Å²) in [5, 5.41) is 7.41. The number of hydrogen-bond donors (Lipinski definition) is 2. The Morgan fingerprint density at radius 1 is 1.15 bits per heavy atom. The normalized spacial score (nSPS) is 10.8. The monoisotopic (exact) mass is 182 g/mol. The summed E-state index contributed by atoms with van der Waals surface area (Å²) >= 11 is 0. The van der Waals surface area contributed by atoms with E-state index >= 15 is 0 Å². The molecule has 0 aromatic carbocycles. The average molecular weight is 182 g/mol. The SMILES string of the molecule is CC(C)=CCC/C(C)=N\N=C(N)N. The van der Waals surface area contributed by atoms with Gasteiger partial charge in [-0.2, -0.15) is 5.10 Å². The molecule has 0 saturated heterocycles.